The summed E-state index contributed by atoms with van der Waals surface area (Å²) in [5.74, 6) is 1.66. The van der Waals surface area contributed by atoms with Crippen LogP contribution in [-0.2, 0) is 11.3 Å². The van der Waals surface area contributed by atoms with E-state index in [-0.39, 0.29) is 24.6 Å². The summed E-state index contributed by atoms with van der Waals surface area (Å²) in [5.41, 5.74) is 3.73. The Hall–Kier alpha value is -5.19. The second-order valence-electron chi connectivity index (χ2n) is 10.6. The summed E-state index contributed by atoms with van der Waals surface area (Å²) in [6.07, 6.45) is 3.16. The Morgan fingerprint density at radius 2 is 1.63 bits per heavy atom. The molecule has 3 heterocycles. The first-order chi connectivity index (χ1) is 20.9. The predicted molar refractivity (Wildman–Crippen MR) is 167 cm³/mol. The molecule has 11 heteroatoms. The molecule has 0 spiro atoms. The number of rotatable bonds is 9. The fourth-order valence-electron chi connectivity index (χ4n) is 4.59. The summed E-state index contributed by atoms with van der Waals surface area (Å²) in [7, 11) is 0. The van der Waals surface area contributed by atoms with Gasteiger partial charge in [-0.2, -0.15) is 4.98 Å². The molecule has 0 aliphatic carbocycles. The summed E-state index contributed by atoms with van der Waals surface area (Å²) in [4.78, 5) is 42.7. The molecular weight excluding hydrogens is 544 g/mol. The lowest BCUT2D eigenvalue weighted by Gasteiger charge is -2.34. The summed E-state index contributed by atoms with van der Waals surface area (Å²) in [6, 6.07) is 20.9. The van der Waals surface area contributed by atoms with Crippen LogP contribution < -0.4 is 20.9 Å². The topological polar surface area (TPSA) is 125 Å². The molecule has 0 saturated carbocycles. The molecule has 1 saturated heterocycles. The Morgan fingerprint density at radius 1 is 0.884 bits per heavy atom. The van der Waals surface area contributed by atoms with Crippen molar-refractivity contribution in [1.29, 1.82) is 0 Å². The lowest BCUT2D eigenvalue weighted by atomic mass is 10.1. The highest BCUT2D eigenvalue weighted by Crippen LogP contribution is 2.24. The van der Waals surface area contributed by atoms with E-state index >= 15 is 0 Å². The second-order valence-corrected chi connectivity index (χ2v) is 10.6. The van der Waals surface area contributed by atoms with Crippen molar-refractivity contribution in [1.82, 2.24) is 25.2 Å². The first-order valence-corrected chi connectivity index (χ1v) is 14.3. The van der Waals surface area contributed by atoms with Gasteiger partial charge in [-0.25, -0.2) is 14.8 Å². The number of aromatic nitrogens is 3. The van der Waals surface area contributed by atoms with Crippen LogP contribution in [0.3, 0.4) is 0 Å². The molecule has 11 nitrogen and oxygen atoms in total. The third-order valence-corrected chi connectivity index (χ3v) is 6.89. The maximum atomic E-state index is 12.7. The molecule has 2 amide bonds. The maximum absolute atomic E-state index is 12.7. The maximum Gasteiger partial charge on any atom is 0.410 e. The van der Waals surface area contributed by atoms with Crippen LogP contribution in [0, 0.1) is 6.92 Å². The van der Waals surface area contributed by atoms with Crippen LogP contribution in [0.2, 0.25) is 0 Å². The molecule has 3 N–H and O–H groups in total. The van der Waals surface area contributed by atoms with Gasteiger partial charge in [0.15, 0.2) is 0 Å². The Labute approximate surface area is 251 Å². The van der Waals surface area contributed by atoms with Crippen molar-refractivity contribution < 1.29 is 14.3 Å². The number of hydrogen-bond donors (Lipinski definition) is 3. The summed E-state index contributed by atoms with van der Waals surface area (Å²) < 4.78 is 5.47. The van der Waals surface area contributed by atoms with Gasteiger partial charge in [0.2, 0.25) is 5.95 Å². The van der Waals surface area contributed by atoms with Crippen molar-refractivity contribution in [3.05, 3.63) is 95.8 Å². The third kappa shape index (κ3) is 7.76. The molecule has 5 rings (SSSR count). The first kappa shape index (κ1) is 29.3. The molecule has 43 heavy (non-hydrogen) atoms. The number of carbonyl (C=O) groups excluding carboxylic acids is 2. The molecule has 1 aliphatic heterocycles. The summed E-state index contributed by atoms with van der Waals surface area (Å²) >= 11 is 0. The molecule has 0 unspecified atom stereocenters. The average molecular weight is 581 g/mol. The highest BCUT2D eigenvalue weighted by atomic mass is 16.6. The molecule has 4 aromatic rings. The average Bonchev–Trinajstić information content (AvgIpc) is 3.02. The van der Waals surface area contributed by atoms with Crippen molar-refractivity contribution in [2.45, 2.75) is 33.4 Å². The van der Waals surface area contributed by atoms with Gasteiger partial charge >= 0.3 is 6.09 Å². The van der Waals surface area contributed by atoms with Crippen molar-refractivity contribution >= 4 is 41.0 Å². The molecule has 1 fully saturated rings. The van der Waals surface area contributed by atoms with E-state index in [1.807, 2.05) is 81.4 Å². The van der Waals surface area contributed by atoms with E-state index in [4.69, 9.17) is 4.74 Å². The second kappa shape index (κ2) is 13.6. The number of nitrogens with one attached hydrogen (secondary N) is 3. The lowest BCUT2D eigenvalue weighted by Crippen LogP contribution is -2.49. The molecular formula is C32H36N8O3. The molecule has 1 aliphatic rings. The number of hydrogen-bond acceptors (Lipinski definition) is 9. The zero-order valence-corrected chi connectivity index (χ0v) is 24.6. The monoisotopic (exact) mass is 580 g/mol. The zero-order valence-electron chi connectivity index (χ0n) is 24.6. The van der Waals surface area contributed by atoms with Gasteiger partial charge < -0.3 is 30.5 Å². The Balaban J connectivity index is 1.16. The van der Waals surface area contributed by atoms with Crippen molar-refractivity contribution in [2.24, 2.45) is 0 Å². The first-order valence-electron chi connectivity index (χ1n) is 14.3. The van der Waals surface area contributed by atoms with Gasteiger partial charge in [0.1, 0.15) is 18.2 Å². The van der Waals surface area contributed by atoms with E-state index in [9.17, 15) is 9.59 Å². The molecule has 0 atom stereocenters. The number of ether oxygens (including phenoxy) is 1. The molecule has 222 valence electrons. The van der Waals surface area contributed by atoms with Gasteiger partial charge in [0.25, 0.3) is 5.91 Å². The van der Waals surface area contributed by atoms with Crippen molar-refractivity contribution in [2.75, 3.05) is 41.7 Å². The van der Waals surface area contributed by atoms with Crippen LogP contribution in [0.5, 0.6) is 0 Å². The van der Waals surface area contributed by atoms with Crippen LogP contribution in [0.25, 0.3) is 0 Å². The number of nitrogens with zero attached hydrogens (tertiary/aromatic N) is 5. The summed E-state index contributed by atoms with van der Waals surface area (Å²) in [6.45, 7) is 8.46. The predicted octanol–water partition coefficient (Wildman–Crippen LogP) is 5.26. The van der Waals surface area contributed by atoms with Gasteiger partial charge in [-0.3, -0.25) is 4.79 Å². The highest BCUT2D eigenvalue weighted by molar-refractivity contribution is 6.00. The van der Waals surface area contributed by atoms with Crippen molar-refractivity contribution in [3.8, 4) is 0 Å². The van der Waals surface area contributed by atoms with E-state index in [0.717, 1.165) is 22.6 Å². The quantitative estimate of drug-likeness (QED) is 0.243. The minimum atomic E-state index is -0.301. The zero-order chi connectivity index (χ0) is 30.2. The van der Waals surface area contributed by atoms with Gasteiger partial charge in [-0.05, 0) is 50.6 Å². The van der Waals surface area contributed by atoms with Crippen LogP contribution in [0.4, 0.5) is 33.8 Å². The fourth-order valence-corrected chi connectivity index (χ4v) is 4.59. The van der Waals surface area contributed by atoms with E-state index < -0.39 is 0 Å². The number of anilines is 5. The third-order valence-electron chi connectivity index (χ3n) is 6.89. The Bertz CT molecular complexity index is 1540. The van der Waals surface area contributed by atoms with Crippen LogP contribution in [-0.4, -0.2) is 64.1 Å². The minimum Gasteiger partial charge on any atom is -0.445 e. The number of para-hydroxylation sites is 1. The highest BCUT2D eigenvalue weighted by Gasteiger charge is 2.23. The van der Waals surface area contributed by atoms with Gasteiger partial charge in [0, 0.05) is 44.0 Å². The van der Waals surface area contributed by atoms with E-state index in [1.165, 1.54) is 0 Å². The van der Waals surface area contributed by atoms with Gasteiger partial charge in [-0.15, -0.1) is 0 Å². The minimum absolute atomic E-state index is 0.0238. The van der Waals surface area contributed by atoms with E-state index in [2.05, 4.69) is 35.8 Å². The number of pyridine rings is 1. The Morgan fingerprint density at radius 3 is 2.35 bits per heavy atom. The molecule has 2 aromatic carbocycles. The standard InChI is InChI=1S/C32H36N8O3/c1-22(2)35-30(41)26-11-7-8-12-27(26)37-29-23(3)19-34-31(38-29)36-25-13-14-28(33-20-25)39-15-17-40(18-16-39)32(42)43-21-24-9-5-4-6-10-24/h4-14,19-20,22H,15-18,21H2,1-3H3,(H,35,41)(H2,34,36,37,38). The van der Waals surface area contributed by atoms with E-state index in [1.54, 1.807) is 23.4 Å². The fraction of sp³-hybridized carbons (Fsp3) is 0.281. The van der Waals surface area contributed by atoms with Crippen LogP contribution in [0.1, 0.15) is 35.3 Å². The van der Waals surface area contributed by atoms with Crippen LogP contribution >= 0.6 is 0 Å². The number of amides is 2. The summed E-state index contributed by atoms with van der Waals surface area (Å²) in [5, 5.41) is 9.43. The van der Waals surface area contributed by atoms with Crippen LogP contribution in [0.15, 0.2) is 79.1 Å². The number of carbonyl (C=O) groups is 2. The lowest BCUT2D eigenvalue weighted by molar-refractivity contribution is 0.0935. The number of benzene rings is 2. The SMILES string of the molecule is Cc1cnc(Nc2ccc(N3CCN(C(=O)OCc4ccccc4)CC3)nc2)nc1Nc1ccccc1C(=O)NC(C)C. The largest absolute Gasteiger partial charge is 0.445 e. The smallest absolute Gasteiger partial charge is 0.410 e. The normalized spacial score (nSPS) is 13.0. The van der Waals surface area contributed by atoms with Gasteiger partial charge in [0.05, 0.1) is 23.1 Å². The number of piperazine rings is 1. The Kier molecular flexibility index (Phi) is 9.30. The van der Waals surface area contributed by atoms with Gasteiger partial charge in [-0.1, -0.05) is 42.5 Å². The molecule has 2 aromatic heterocycles. The number of aryl methyl sites for hydroxylation is 1. The van der Waals surface area contributed by atoms with Crippen molar-refractivity contribution in [3.63, 3.8) is 0 Å². The molecule has 0 bridgehead atoms. The van der Waals surface area contributed by atoms with E-state index in [0.29, 0.717) is 49.2 Å². The molecule has 0 radical (unpaired) electrons.